The van der Waals surface area contributed by atoms with Gasteiger partial charge in [0.05, 0.1) is 24.5 Å². The predicted molar refractivity (Wildman–Crippen MR) is 228 cm³/mol. The summed E-state index contributed by atoms with van der Waals surface area (Å²) in [6, 6.07) is 17.0. The van der Waals surface area contributed by atoms with E-state index in [9.17, 15) is 34.8 Å². The van der Waals surface area contributed by atoms with Gasteiger partial charge < -0.3 is 40.5 Å². The van der Waals surface area contributed by atoms with Gasteiger partial charge >= 0.3 is 11.9 Å². The Bertz CT molecular complexity index is 2190. The van der Waals surface area contributed by atoms with E-state index in [1.54, 1.807) is 20.0 Å². The van der Waals surface area contributed by atoms with E-state index in [1.807, 2.05) is 49.4 Å². The highest BCUT2D eigenvalue weighted by Gasteiger charge is 2.49. The van der Waals surface area contributed by atoms with Gasteiger partial charge in [-0.1, -0.05) is 61.6 Å². The van der Waals surface area contributed by atoms with Crippen LogP contribution in [0.1, 0.15) is 117 Å². The molecule has 11 heteroatoms. The Balaban J connectivity index is 1.42. The molecule has 0 unspecified atom stereocenters. The largest absolute Gasteiger partial charge is 0.508 e. The molecule has 1 fully saturated rings. The standard InChI is InChI=1S/C49H58N2O9/c1-4-15-49(58)39-13-14-42(53)36(20-39)17-31-9-5-7-30(16-31)8-6-10-34-18-32(35-19-37(44(55)28-50-3)22-40(21-35)51-27-29(2)52)11-12-33-25-47(56)59-45-26-43(54)38(23-41(33)45)24-46(49)60-48(34)57/h5,7,9-10,16,19,21-23,26,29,32-33,36,39,44,46,50-52,54-55,58H,4,6,8,13-15,17-18,20,24-25,27-28H2,1-3H3/t29-,32-,33+,36-,39+,44-,46+,49-/m0/s1. The number of carbonyl (C=O) groups is 3. The van der Waals surface area contributed by atoms with Crippen LogP contribution < -0.4 is 15.4 Å². The number of aliphatic hydroxyl groups excluding tert-OH is 2. The number of aryl methyl sites for hydroxylation is 1. The van der Waals surface area contributed by atoms with Gasteiger partial charge in [-0.05, 0) is 111 Å². The van der Waals surface area contributed by atoms with Gasteiger partial charge in [0.2, 0.25) is 0 Å². The van der Waals surface area contributed by atoms with Crippen LogP contribution in [0.25, 0.3) is 0 Å². The second kappa shape index (κ2) is 18.7. The lowest BCUT2D eigenvalue weighted by atomic mass is 9.66. The lowest BCUT2D eigenvalue weighted by Crippen LogP contribution is -2.54. The lowest BCUT2D eigenvalue weighted by molar-refractivity contribution is -0.176. The van der Waals surface area contributed by atoms with Crippen molar-refractivity contribution in [1.29, 1.82) is 0 Å². The summed E-state index contributed by atoms with van der Waals surface area (Å²) in [5.41, 5.74) is 3.94. The van der Waals surface area contributed by atoms with Crippen LogP contribution in [-0.2, 0) is 38.4 Å². The number of aromatic hydroxyl groups is 1. The predicted octanol–water partition coefficient (Wildman–Crippen LogP) is 6.11. The molecule has 8 atom stereocenters. The smallest absolute Gasteiger partial charge is 0.334 e. The maximum absolute atomic E-state index is 14.9. The molecule has 3 aromatic carbocycles. The zero-order chi connectivity index (χ0) is 42.6. The highest BCUT2D eigenvalue weighted by molar-refractivity contribution is 5.89. The molecule has 318 valence electrons. The van der Waals surface area contributed by atoms with Gasteiger partial charge in [0.1, 0.15) is 29.0 Å². The molecule has 0 saturated heterocycles. The van der Waals surface area contributed by atoms with Crippen LogP contribution in [0.2, 0.25) is 0 Å². The number of aliphatic hydroxyl groups is 3. The summed E-state index contributed by atoms with van der Waals surface area (Å²) in [5.74, 6) is 3.98. The zero-order valence-electron chi connectivity index (χ0n) is 34.8. The van der Waals surface area contributed by atoms with Crippen molar-refractivity contribution in [3.63, 3.8) is 0 Å². The monoisotopic (exact) mass is 818 g/mol. The molecule has 0 spiro atoms. The van der Waals surface area contributed by atoms with Gasteiger partial charge in [-0.2, -0.15) is 0 Å². The number of nitrogens with one attached hydrogen (secondary N) is 2. The molecule has 0 amide bonds. The van der Waals surface area contributed by atoms with Crippen LogP contribution in [0, 0.1) is 23.7 Å². The number of hydrogen-bond donors (Lipinski definition) is 6. The number of hydrogen-bond acceptors (Lipinski definition) is 11. The number of rotatable bonds is 9. The van der Waals surface area contributed by atoms with Crippen LogP contribution in [0.3, 0.4) is 0 Å². The van der Waals surface area contributed by atoms with E-state index in [2.05, 4.69) is 28.5 Å². The quantitative estimate of drug-likeness (QED) is 0.0836. The number of phenols is 1. The molecule has 11 nitrogen and oxygen atoms in total. The Morgan fingerprint density at radius 1 is 0.933 bits per heavy atom. The highest BCUT2D eigenvalue weighted by atomic mass is 16.6. The first-order valence-corrected chi connectivity index (χ1v) is 21.5. The first-order valence-electron chi connectivity index (χ1n) is 21.5. The van der Waals surface area contributed by atoms with Gasteiger partial charge in [0, 0.05) is 60.7 Å². The van der Waals surface area contributed by atoms with Crippen molar-refractivity contribution in [2.24, 2.45) is 11.8 Å². The Morgan fingerprint density at radius 2 is 1.73 bits per heavy atom. The lowest BCUT2D eigenvalue weighted by Gasteiger charge is -2.45. The molecular formula is C49H58N2O9. The Morgan fingerprint density at radius 3 is 2.52 bits per heavy atom. The second-order valence-corrected chi connectivity index (χ2v) is 17.3. The Labute approximate surface area is 352 Å². The minimum absolute atomic E-state index is 0.0221. The highest BCUT2D eigenvalue weighted by Crippen LogP contribution is 2.45. The van der Waals surface area contributed by atoms with E-state index in [1.165, 1.54) is 6.07 Å². The van der Waals surface area contributed by atoms with E-state index >= 15 is 0 Å². The number of fused-ring (bicyclic) bond motifs is 8. The van der Waals surface area contributed by atoms with Crippen molar-refractivity contribution in [3.8, 4) is 23.3 Å². The summed E-state index contributed by atoms with van der Waals surface area (Å²) < 4.78 is 12.2. The Kier molecular flexibility index (Phi) is 13.5. The maximum Gasteiger partial charge on any atom is 0.334 e. The Hall–Kier alpha value is -4.99. The first kappa shape index (κ1) is 43.1. The van der Waals surface area contributed by atoms with Crippen LogP contribution >= 0.6 is 0 Å². The molecule has 3 heterocycles. The average molecular weight is 819 g/mol. The normalized spacial score (nSPS) is 26.5. The minimum Gasteiger partial charge on any atom is -0.508 e. The number of allylic oxidation sites excluding steroid dienone is 1. The summed E-state index contributed by atoms with van der Waals surface area (Å²) in [5, 5.41) is 52.2. The van der Waals surface area contributed by atoms with E-state index in [4.69, 9.17) is 9.47 Å². The number of ether oxygens (including phenoxy) is 2. The first-order chi connectivity index (χ1) is 28.8. The summed E-state index contributed by atoms with van der Waals surface area (Å²) in [7, 11) is 1.75. The SMILES string of the molecule is CCC[C@]1(O)[C@@H]2CCC(=O)[C@@H](Cc3cccc(c3)CCC=C3C[C@@H](c4cc(NC[C@H](C)O)cc([C@@H](O)CNC)c4)C#C[C@@H]4CC(=O)Oc5cc(O)c(cc54)C[C@H]1OC3=O)C2. The fourth-order valence-electron chi connectivity index (χ4n) is 9.53. The fourth-order valence-corrected chi connectivity index (χ4v) is 9.53. The fraction of sp³-hybridized carbons (Fsp3) is 0.490. The molecule has 3 aliphatic heterocycles. The van der Waals surface area contributed by atoms with Crippen molar-refractivity contribution >= 4 is 23.4 Å². The summed E-state index contributed by atoms with van der Waals surface area (Å²) in [4.78, 5) is 41.4. The van der Waals surface area contributed by atoms with Gasteiger partial charge in [0.15, 0.2) is 0 Å². The molecule has 8 bridgehead atoms. The van der Waals surface area contributed by atoms with Crippen LogP contribution in [0.15, 0.2) is 66.2 Å². The van der Waals surface area contributed by atoms with Crippen LogP contribution in [0.4, 0.5) is 5.69 Å². The average Bonchev–Trinajstić information content (AvgIpc) is 3.22. The number of Topliss-reactive ketones (excluding diaryl/α,β-unsaturated/α-hetero) is 1. The third-order valence-electron chi connectivity index (χ3n) is 12.7. The summed E-state index contributed by atoms with van der Waals surface area (Å²) in [6.07, 6.45) is 3.04. The zero-order valence-corrected chi connectivity index (χ0v) is 34.8. The third-order valence-corrected chi connectivity index (χ3v) is 12.7. The van der Waals surface area contributed by atoms with Crippen LogP contribution in [0.5, 0.6) is 11.5 Å². The van der Waals surface area contributed by atoms with Crippen molar-refractivity contribution in [1.82, 2.24) is 5.32 Å². The molecule has 7 rings (SSSR count). The number of carbonyl (C=O) groups excluding carboxylic acids is 3. The third kappa shape index (κ3) is 9.79. The van der Waals surface area contributed by atoms with Gasteiger partial charge in [-0.25, -0.2) is 4.79 Å². The van der Waals surface area contributed by atoms with Gasteiger partial charge in [0.25, 0.3) is 0 Å². The minimum atomic E-state index is -1.55. The number of phenolic OH excluding ortho intramolecular Hbond substituents is 1. The number of ketones is 1. The van der Waals surface area contributed by atoms with Gasteiger partial charge in [-0.3, -0.25) is 9.59 Å². The molecule has 60 heavy (non-hydrogen) atoms. The topological polar surface area (TPSA) is 175 Å². The van der Waals surface area contributed by atoms with E-state index in [-0.39, 0.29) is 61.5 Å². The van der Waals surface area contributed by atoms with Crippen molar-refractivity contribution < 1.29 is 44.3 Å². The van der Waals surface area contributed by atoms with E-state index < -0.39 is 47.7 Å². The van der Waals surface area contributed by atoms with E-state index in [0.717, 1.165) is 11.1 Å². The number of benzene rings is 3. The number of esters is 2. The van der Waals surface area contributed by atoms with Crippen LogP contribution in [-0.4, -0.2) is 76.1 Å². The van der Waals surface area contributed by atoms with E-state index in [0.29, 0.717) is 84.9 Å². The molecule has 1 aliphatic carbocycles. The van der Waals surface area contributed by atoms with Crippen molar-refractivity contribution in [3.05, 3.63) is 99.6 Å². The molecule has 3 aromatic rings. The summed E-state index contributed by atoms with van der Waals surface area (Å²) in [6.45, 7) is 4.19. The molecule has 6 N–H and O–H groups in total. The molecule has 4 aliphatic rings. The van der Waals surface area contributed by atoms with Crippen molar-refractivity contribution in [2.45, 2.75) is 120 Å². The molecule has 1 saturated carbocycles. The molecule has 0 radical (unpaired) electrons. The van der Waals surface area contributed by atoms with Gasteiger partial charge in [-0.15, -0.1) is 0 Å². The number of anilines is 1. The summed E-state index contributed by atoms with van der Waals surface area (Å²) >= 11 is 0. The number of likely N-dealkylation sites (N-methyl/N-ethyl adjacent to an activating group) is 1. The second-order valence-electron chi connectivity index (χ2n) is 17.3. The molecular weight excluding hydrogens is 761 g/mol. The maximum atomic E-state index is 14.9. The molecule has 0 aromatic heterocycles. The van der Waals surface area contributed by atoms with Crippen molar-refractivity contribution in [2.75, 3.05) is 25.5 Å².